The van der Waals surface area contributed by atoms with Gasteiger partial charge in [-0.15, -0.1) is 0 Å². The van der Waals surface area contributed by atoms with Crippen molar-refractivity contribution in [3.63, 3.8) is 0 Å². The molecule has 154 valence electrons. The Morgan fingerprint density at radius 1 is 0.900 bits per heavy atom. The SMILES string of the molecule is O=C(COc1c(Cl)cc(Cl)cc1Br)NNC(=O)C(c1ccccc1)c1ccccc1. The molecule has 3 rings (SSSR count). The zero-order chi connectivity index (χ0) is 21.5. The molecule has 3 aromatic rings. The minimum atomic E-state index is -0.575. The second-order valence-corrected chi connectivity index (χ2v) is 7.98. The van der Waals surface area contributed by atoms with Gasteiger partial charge in [-0.1, -0.05) is 83.9 Å². The zero-order valence-electron chi connectivity index (χ0n) is 15.6. The van der Waals surface area contributed by atoms with Crippen molar-refractivity contribution in [1.82, 2.24) is 10.9 Å². The molecule has 2 N–H and O–H groups in total. The van der Waals surface area contributed by atoms with E-state index in [-0.39, 0.29) is 23.3 Å². The third-order valence-corrected chi connectivity index (χ3v) is 5.25. The molecule has 30 heavy (non-hydrogen) atoms. The molecule has 0 aliphatic heterocycles. The first-order chi connectivity index (χ1) is 14.5. The van der Waals surface area contributed by atoms with E-state index >= 15 is 0 Å². The van der Waals surface area contributed by atoms with E-state index in [1.807, 2.05) is 60.7 Å². The Morgan fingerprint density at radius 3 is 2.00 bits per heavy atom. The van der Waals surface area contributed by atoms with E-state index in [1.54, 1.807) is 6.07 Å². The predicted octanol–water partition coefficient (Wildman–Crippen LogP) is 5.11. The molecule has 0 spiro atoms. The lowest BCUT2D eigenvalue weighted by Crippen LogP contribution is -2.46. The molecule has 5 nitrogen and oxygen atoms in total. The van der Waals surface area contributed by atoms with Gasteiger partial charge in [0.1, 0.15) is 0 Å². The van der Waals surface area contributed by atoms with Crippen LogP contribution in [0, 0.1) is 0 Å². The van der Waals surface area contributed by atoms with Crippen molar-refractivity contribution < 1.29 is 14.3 Å². The number of rotatable bonds is 6. The van der Waals surface area contributed by atoms with Crippen LogP contribution in [0.2, 0.25) is 10.0 Å². The van der Waals surface area contributed by atoms with Crippen molar-refractivity contribution in [3.05, 3.63) is 98.4 Å². The Balaban J connectivity index is 1.64. The average Bonchev–Trinajstić information content (AvgIpc) is 2.73. The summed E-state index contributed by atoms with van der Waals surface area (Å²) in [7, 11) is 0. The molecule has 0 bridgehead atoms. The van der Waals surface area contributed by atoms with Crippen LogP contribution in [0.15, 0.2) is 77.3 Å². The lowest BCUT2D eigenvalue weighted by molar-refractivity contribution is -0.130. The summed E-state index contributed by atoms with van der Waals surface area (Å²) < 4.78 is 5.96. The van der Waals surface area contributed by atoms with Crippen LogP contribution in [0.25, 0.3) is 0 Å². The molecule has 0 saturated carbocycles. The van der Waals surface area contributed by atoms with E-state index in [0.717, 1.165) is 11.1 Å². The van der Waals surface area contributed by atoms with Gasteiger partial charge in [-0.2, -0.15) is 0 Å². The molecule has 3 aromatic carbocycles. The van der Waals surface area contributed by atoms with Crippen molar-refractivity contribution >= 4 is 50.9 Å². The number of hydrazine groups is 1. The molecule has 0 atom stereocenters. The second kappa shape index (κ2) is 10.5. The van der Waals surface area contributed by atoms with Gasteiger partial charge in [0.25, 0.3) is 5.91 Å². The highest BCUT2D eigenvalue weighted by Crippen LogP contribution is 2.36. The molecule has 2 amide bonds. The Hall–Kier alpha value is -2.54. The van der Waals surface area contributed by atoms with Crippen LogP contribution in [0.5, 0.6) is 5.75 Å². The van der Waals surface area contributed by atoms with Gasteiger partial charge >= 0.3 is 0 Å². The fourth-order valence-electron chi connectivity index (χ4n) is 2.83. The van der Waals surface area contributed by atoms with Gasteiger partial charge < -0.3 is 4.74 Å². The van der Waals surface area contributed by atoms with Crippen molar-refractivity contribution in [1.29, 1.82) is 0 Å². The summed E-state index contributed by atoms with van der Waals surface area (Å²) in [4.78, 5) is 25.0. The number of hydrogen-bond donors (Lipinski definition) is 2. The standard InChI is InChI=1S/C22H17BrCl2N2O3/c23-17-11-16(24)12-18(25)21(17)30-13-19(28)26-27-22(29)20(14-7-3-1-4-8-14)15-9-5-2-6-10-15/h1-12,20H,13H2,(H,26,28)(H,27,29). The van der Waals surface area contributed by atoms with Crippen molar-refractivity contribution in [2.45, 2.75) is 5.92 Å². The van der Waals surface area contributed by atoms with Crippen LogP contribution >= 0.6 is 39.1 Å². The van der Waals surface area contributed by atoms with Crippen LogP contribution in [0.3, 0.4) is 0 Å². The first kappa shape index (κ1) is 22.2. The minimum absolute atomic E-state index is 0.263. The number of halogens is 3. The smallest absolute Gasteiger partial charge is 0.276 e. The Kier molecular flexibility index (Phi) is 7.74. The first-order valence-electron chi connectivity index (χ1n) is 8.91. The fourth-order valence-corrected chi connectivity index (χ4v) is 4.20. The van der Waals surface area contributed by atoms with Crippen LogP contribution in [-0.4, -0.2) is 18.4 Å². The molecular weight excluding hydrogens is 491 g/mol. The largest absolute Gasteiger partial charge is 0.481 e. The van der Waals surface area contributed by atoms with Gasteiger partial charge in [-0.05, 0) is 39.2 Å². The van der Waals surface area contributed by atoms with Gasteiger partial charge in [0.05, 0.1) is 15.4 Å². The van der Waals surface area contributed by atoms with Gasteiger partial charge in [0.15, 0.2) is 12.4 Å². The van der Waals surface area contributed by atoms with E-state index in [9.17, 15) is 9.59 Å². The van der Waals surface area contributed by atoms with Crippen molar-refractivity contribution in [2.75, 3.05) is 6.61 Å². The third kappa shape index (κ3) is 5.75. The molecule has 0 aromatic heterocycles. The number of nitrogens with one attached hydrogen (secondary N) is 2. The number of ether oxygens (including phenoxy) is 1. The van der Waals surface area contributed by atoms with E-state index < -0.39 is 11.8 Å². The monoisotopic (exact) mass is 506 g/mol. The summed E-state index contributed by atoms with van der Waals surface area (Å²) >= 11 is 15.3. The highest BCUT2D eigenvalue weighted by molar-refractivity contribution is 9.10. The molecule has 8 heteroatoms. The topological polar surface area (TPSA) is 67.4 Å². The van der Waals surface area contributed by atoms with Crippen LogP contribution in [-0.2, 0) is 9.59 Å². The second-order valence-electron chi connectivity index (χ2n) is 6.28. The Bertz CT molecular complexity index is 971. The summed E-state index contributed by atoms with van der Waals surface area (Å²) in [6.45, 7) is -0.346. The predicted molar refractivity (Wildman–Crippen MR) is 121 cm³/mol. The maximum atomic E-state index is 12.9. The maximum Gasteiger partial charge on any atom is 0.276 e. The molecule has 0 aliphatic carbocycles. The molecule has 0 aliphatic rings. The summed E-state index contributed by atoms with van der Waals surface area (Å²) in [5, 5.41) is 0.697. The van der Waals surface area contributed by atoms with E-state index in [4.69, 9.17) is 27.9 Å². The summed E-state index contributed by atoms with van der Waals surface area (Å²) in [6, 6.07) is 21.8. The highest BCUT2D eigenvalue weighted by Gasteiger charge is 2.23. The quantitative estimate of drug-likeness (QED) is 0.455. The van der Waals surface area contributed by atoms with Crippen LogP contribution < -0.4 is 15.6 Å². The zero-order valence-corrected chi connectivity index (χ0v) is 18.7. The number of amides is 2. The molecule has 0 radical (unpaired) electrons. The normalized spacial score (nSPS) is 10.5. The van der Waals surface area contributed by atoms with Gasteiger partial charge in [-0.3, -0.25) is 20.4 Å². The number of carbonyl (C=O) groups is 2. The number of hydrogen-bond acceptors (Lipinski definition) is 3. The van der Waals surface area contributed by atoms with Crippen LogP contribution in [0.4, 0.5) is 0 Å². The van der Waals surface area contributed by atoms with Crippen molar-refractivity contribution in [3.8, 4) is 5.75 Å². The highest BCUT2D eigenvalue weighted by atomic mass is 79.9. The van der Waals surface area contributed by atoms with E-state index in [0.29, 0.717) is 9.50 Å². The molecule has 0 heterocycles. The van der Waals surface area contributed by atoms with Gasteiger partial charge in [0.2, 0.25) is 5.91 Å². The first-order valence-corrected chi connectivity index (χ1v) is 10.5. The Labute approximate surface area is 192 Å². The number of carbonyl (C=O) groups excluding carboxylic acids is 2. The third-order valence-electron chi connectivity index (χ3n) is 4.16. The minimum Gasteiger partial charge on any atom is -0.481 e. The Morgan fingerprint density at radius 2 is 1.47 bits per heavy atom. The molecular formula is C22H17BrCl2N2O3. The maximum absolute atomic E-state index is 12.9. The van der Waals surface area contributed by atoms with Gasteiger partial charge in [0, 0.05) is 5.02 Å². The lowest BCUT2D eigenvalue weighted by atomic mass is 9.91. The summed E-state index contributed by atoms with van der Waals surface area (Å²) in [6.07, 6.45) is 0. The average molecular weight is 508 g/mol. The van der Waals surface area contributed by atoms with E-state index in [2.05, 4.69) is 26.8 Å². The van der Waals surface area contributed by atoms with E-state index in [1.165, 1.54) is 6.07 Å². The van der Waals surface area contributed by atoms with Crippen LogP contribution in [0.1, 0.15) is 17.0 Å². The molecule has 0 saturated heterocycles. The molecule has 0 unspecified atom stereocenters. The van der Waals surface area contributed by atoms with Gasteiger partial charge in [-0.25, -0.2) is 0 Å². The molecule has 0 fully saturated rings. The fraction of sp³-hybridized carbons (Fsp3) is 0.0909. The lowest BCUT2D eigenvalue weighted by Gasteiger charge is -2.18. The van der Waals surface area contributed by atoms with Crippen molar-refractivity contribution in [2.24, 2.45) is 0 Å². The summed E-state index contributed by atoms with van der Waals surface area (Å²) in [5.74, 6) is -1.20. The summed E-state index contributed by atoms with van der Waals surface area (Å²) in [5.41, 5.74) is 6.46. The number of benzene rings is 3.